The van der Waals surface area contributed by atoms with Crippen molar-refractivity contribution in [3.63, 3.8) is 0 Å². The van der Waals surface area contributed by atoms with Crippen LogP contribution in [0.4, 0.5) is 4.39 Å². The number of hydrogen-bond donors (Lipinski definition) is 0. The van der Waals surface area contributed by atoms with Crippen LogP contribution in [0.25, 0.3) is 0 Å². The number of nitrogens with zero attached hydrogens (tertiary/aromatic N) is 2. The van der Waals surface area contributed by atoms with Crippen molar-refractivity contribution in [2.75, 3.05) is 20.1 Å². The van der Waals surface area contributed by atoms with E-state index in [2.05, 4.69) is 12.1 Å². The summed E-state index contributed by atoms with van der Waals surface area (Å²) in [5.41, 5.74) is 2.74. The molecule has 1 heterocycles. The van der Waals surface area contributed by atoms with Gasteiger partial charge in [-0.05, 0) is 56.5 Å². The Hall–Kier alpha value is -2.69. The maximum atomic E-state index is 13.1. The first kappa shape index (κ1) is 20.1. The molecule has 0 spiro atoms. The van der Waals surface area contributed by atoms with Crippen molar-refractivity contribution >= 4 is 11.8 Å². The molecule has 0 N–H and O–H groups in total. The van der Waals surface area contributed by atoms with Gasteiger partial charge in [0.15, 0.2) is 0 Å². The number of amides is 2. The van der Waals surface area contributed by atoms with Crippen LogP contribution in [0.2, 0.25) is 0 Å². The zero-order valence-corrected chi connectivity index (χ0v) is 16.7. The molecule has 1 aliphatic heterocycles. The number of hydrogen-bond acceptors (Lipinski definition) is 2. The summed E-state index contributed by atoms with van der Waals surface area (Å²) in [6.07, 6.45) is 1.56. The Kier molecular flexibility index (Phi) is 6.12. The average molecular weight is 382 g/mol. The molecule has 0 aromatic heterocycles. The van der Waals surface area contributed by atoms with Gasteiger partial charge in [0.25, 0.3) is 5.91 Å². The number of halogens is 1. The molecule has 2 aromatic carbocycles. The molecular weight excluding hydrogens is 355 g/mol. The fourth-order valence-electron chi connectivity index (χ4n) is 3.69. The fraction of sp³-hybridized carbons (Fsp3) is 0.391. The van der Waals surface area contributed by atoms with Crippen LogP contribution in [0.3, 0.4) is 0 Å². The molecule has 4 nitrogen and oxygen atoms in total. The maximum Gasteiger partial charge on any atom is 0.253 e. The van der Waals surface area contributed by atoms with Gasteiger partial charge < -0.3 is 9.80 Å². The van der Waals surface area contributed by atoms with Crippen LogP contribution in [0.5, 0.6) is 0 Å². The van der Waals surface area contributed by atoms with Gasteiger partial charge >= 0.3 is 0 Å². The molecule has 2 atom stereocenters. The summed E-state index contributed by atoms with van der Waals surface area (Å²) in [4.78, 5) is 29.3. The first-order valence-electron chi connectivity index (χ1n) is 9.75. The SMILES string of the molecule is Cc1ccc(C(C)N(C)C(=O)C2CCCN(C(=O)c3ccc(F)cc3)C2)cc1. The van der Waals surface area contributed by atoms with Gasteiger partial charge in [0.05, 0.1) is 12.0 Å². The first-order chi connectivity index (χ1) is 13.4. The number of piperidine rings is 1. The van der Waals surface area contributed by atoms with Gasteiger partial charge in [0.1, 0.15) is 5.82 Å². The Morgan fingerprint density at radius 2 is 1.75 bits per heavy atom. The highest BCUT2D eigenvalue weighted by molar-refractivity contribution is 5.94. The molecular formula is C23H27FN2O2. The van der Waals surface area contributed by atoms with Crippen LogP contribution < -0.4 is 0 Å². The van der Waals surface area contributed by atoms with Crippen molar-refractivity contribution < 1.29 is 14.0 Å². The highest BCUT2D eigenvalue weighted by Gasteiger charge is 2.32. The number of likely N-dealkylation sites (tertiary alicyclic amines) is 1. The molecule has 0 aliphatic carbocycles. The van der Waals surface area contributed by atoms with Crippen LogP contribution in [-0.2, 0) is 4.79 Å². The summed E-state index contributed by atoms with van der Waals surface area (Å²) in [7, 11) is 1.83. The van der Waals surface area contributed by atoms with Crippen LogP contribution in [0.15, 0.2) is 48.5 Å². The van der Waals surface area contributed by atoms with Gasteiger partial charge in [-0.25, -0.2) is 4.39 Å². The lowest BCUT2D eigenvalue weighted by molar-refractivity contribution is -0.137. The van der Waals surface area contributed by atoms with Crippen molar-refractivity contribution in [3.05, 3.63) is 71.0 Å². The van der Waals surface area contributed by atoms with Crippen molar-refractivity contribution in [1.82, 2.24) is 9.80 Å². The van der Waals surface area contributed by atoms with Gasteiger partial charge in [-0.2, -0.15) is 0 Å². The van der Waals surface area contributed by atoms with Gasteiger partial charge in [-0.3, -0.25) is 9.59 Å². The third-order valence-electron chi connectivity index (χ3n) is 5.64. The van der Waals surface area contributed by atoms with Crippen LogP contribution >= 0.6 is 0 Å². The lowest BCUT2D eigenvalue weighted by Gasteiger charge is -2.36. The van der Waals surface area contributed by atoms with Crippen LogP contribution in [-0.4, -0.2) is 41.8 Å². The lowest BCUT2D eigenvalue weighted by Crippen LogP contribution is -2.46. The predicted molar refractivity (Wildman–Crippen MR) is 107 cm³/mol. The largest absolute Gasteiger partial charge is 0.339 e. The minimum absolute atomic E-state index is 0.0312. The molecule has 3 rings (SSSR count). The fourth-order valence-corrected chi connectivity index (χ4v) is 3.69. The molecule has 1 fully saturated rings. The highest BCUT2D eigenvalue weighted by atomic mass is 19.1. The number of aryl methyl sites for hydroxylation is 1. The molecule has 0 saturated carbocycles. The summed E-state index contributed by atoms with van der Waals surface area (Å²) in [6, 6.07) is 13.7. The number of rotatable bonds is 4. The second-order valence-electron chi connectivity index (χ2n) is 7.63. The van der Waals surface area contributed by atoms with Gasteiger partial charge in [-0.15, -0.1) is 0 Å². The van der Waals surface area contributed by atoms with Gasteiger partial charge in [0, 0.05) is 25.7 Å². The summed E-state index contributed by atoms with van der Waals surface area (Å²) in [5, 5.41) is 0. The summed E-state index contributed by atoms with van der Waals surface area (Å²) in [6.45, 7) is 5.09. The molecule has 28 heavy (non-hydrogen) atoms. The Morgan fingerprint density at radius 1 is 1.11 bits per heavy atom. The Balaban J connectivity index is 1.67. The first-order valence-corrected chi connectivity index (χ1v) is 9.75. The van der Waals surface area contributed by atoms with E-state index in [1.165, 1.54) is 29.8 Å². The lowest BCUT2D eigenvalue weighted by atomic mass is 9.94. The van der Waals surface area contributed by atoms with E-state index >= 15 is 0 Å². The predicted octanol–water partition coefficient (Wildman–Crippen LogP) is 4.21. The molecule has 1 saturated heterocycles. The monoisotopic (exact) mass is 382 g/mol. The normalized spacial score (nSPS) is 17.9. The van der Waals surface area contributed by atoms with Crippen molar-refractivity contribution in [2.45, 2.75) is 32.7 Å². The number of benzene rings is 2. The molecule has 0 radical (unpaired) electrons. The summed E-state index contributed by atoms with van der Waals surface area (Å²) >= 11 is 0. The van der Waals surface area contributed by atoms with E-state index < -0.39 is 0 Å². The van der Waals surface area contributed by atoms with Crippen LogP contribution in [0, 0.1) is 18.7 Å². The molecule has 1 aliphatic rings. The number of carbonyl (C=O) groups is 2. The third-order valence-corrected chi connectivity index (χ3v) is 5.64. The quantitative estimate of drug-likeness (QED) is 0.795. The number of carbonyl (C=O) groups excluding carboxylic acids is 2. The van der Waals surface area contributed by atoms with E-state index in [1.807, 2.05) is 33.0 Å². The molecule has 2 aromatic rings. The van der Waals surface area contributed by atoms with E-state index in [4.69, 9.17) is 0 Å². The zero-order valence-electron chi connectivity index (χ0n) is 16.7. The highest BCUT2D eigenvalue weighted by Crippen LogP contribution is 2.25. The summed E-state index contributed by atoms with van der Waals surface area (Å²) < 4.78 is 13.1. The molecule has 2 unspecified atom stereocenters. The van der Waals surface area contributed by atoms with E-state index in [0.717, 1.165) is 18.4 Å². The van der Waals surface area contributed by atoms with Gasteiger partial charge in [-0.1, -0.05) is 29.8 Å². The van der Waals surface area contributed by atoms with Crippen molar-refractivity contribution in [2.24, 2.45) is 5.92 Å². The Labute approximate surface area is 166 Å². The topological polar surface area (TPSA) is 40.6 Å². The zero-order chi connectivity index (χ0) is 20.3. The average Bonchev–Trinajstić information content (AvgIpc) is 2.73. The van der Waals surface area contributed by atoms with E-state index in [-0.39, 0.29) is 29.6 Å². The second kappa shape index (κ2) is 8.55. The molecule has 5 heteroatoms. The maximum absolute atomic E-state index is 13.1. The standard InChI is InChI=1S/C23H27FN2O2/c1-16-6-8-18(9-7-16)17(2)25(3)22(27)20-5-4-14-26(15-20)23(28)19-10-12-21(24)13-11-19/h6-13,17,20H,4-5,14-15H2,1-3H3. The smallest absolute Gasteiger partial charge is 0.253 e. The van der Waals surface area contributed by atoms with E-state index in [0.29, 0.717) is 18.7 Å². The molecule has 0 bridgehead atoms. The third kappa shape index (κ3) is 4.41. The Morgan fingerprint density at radius 3 is 2.39 bits per heavy atom. The Bertz CT molecular complexity index is 833. The minimum Gasteiger partial charge on any atom is -0.339 e. The minimum atomic E-state index is -0.366. The van der Waals surface area contributed by atoms with Crippen molar-refractivity contribution in [3.8, 4) is 0 Å². The second-order valence-corrected chi connectivity index (χ2v) is 7.63. The van der Waals surface area contributed by atoms with Crippen molar-refractivity contribution in [1.29, 1.82) is 0 Å². The van der Waals surface area contributed by atoms with E-state index in [1.54, 1.807) is 9.80 Å². The van der Waals surface area contributed by atoms with Gasteiger partial charge in [0.2, 0.25) is 5.91 Å². The summed E-state index contributed by atoms with van der Waals surface area (Å²) in [5.74, 6) is -0.664. The van der Waals surface area contributed by atoms with E-state index in [9.17, 15) is 14.0 Å². The van der Waals surface area contributed by atoms with Crippen LogP contribution in [0.1, 0.15) is 47.3 Å². The molecule has 2 amide bonds. The molecule has 148 valence electrons.